The van der Waals surface area contributed by atoms with Crippen LogP contribution in [0.2, 0.25) is 0 Å². The molecule has 0 radical (unpaired) electrons. The largest absolute Gasteiger partial charge is 0.354 e. The number of pyridine rings is 1. The molecule has 4 nitrogen and oxygen atoms in total. The number of amides is 1. The van der Waals surface area contributed by atoms with Gasteiger partial charge in [0, 0.05) is 13.6 Å². The van der Waals surface area contributed by atoms with Gasteiger partial charge in [-0.1, -0.05) is 19.9 Å². The zero-order valence-corrected chi connectivity index (χ0v) is 10.4. The maximum atomic E-state index is 12.9. The highest BCUT2D eigenvalue weighted by Crippen LogP contribution is 2.08. The minimum absolute atomic E-state index is 0.0905. The number of rotatable bonds is 5. The van der Waals surface area contributed by atoms with Gasteiger partial charge in [0.15, 0.2) is 0 Å². The summed E-state index contributed by atoms with van der Waals surface area (Å²) in [4.78, 5) is 16.9. The van der Waals surface area contributed by atoms with Crippen LogP contribution in [0.1, 0.15) is 13.8 Å². The van der Waals surface area contributed by atoms with E-state index in [9.17, 15) is 9.18 Å². The molecule has 0 unspecified atom stereocenters. The summed E-state index contributed by atoms with van der Waals surface area (Å²) in [5.41, 5.74) is 0. The summed E-state index contributed by atoms with van der Waals surface area (Å²) < 4.78 is 12.9. The van der Waals surface area contributed by atoms with Crippen molar-refractivity contribution in [2.45, 2.75) is 13.8 Å². The summed E-state index contributed by atoms with van der Waals surface area (Å²) in [5, 5.41) is 2.80. The highest BCUT2D eigenvalue weighted by Gasteiger charge is 2.09. The Balaban J connectivity index is 2.48. The van der Waals surface area contributed by atoms with Crippen molar-refractivity contribution in [2.24, 2.45) is 5.92 Å². The van der Waals surface area contributed by atoms with Gasteiger partial charge in [0.1, 0.15) is 5.82 Å². The van der Waals surface area contributed by atoms with E-state index in [0.717, 1.165) is 0 Å². The minimum Gasteiger partial charge on any atom is -0.354 e. The first kappa shape index (κ1) is 13.4. The maximum absolute atomic E-state index is 12.9. The summed E-state index contributed by atoms with van der Waals surface area (Å²) in [6, 6.07) is 4.51. The second kappa shape index (κ2) is 6.18. The number of halogens is 1. The first-order valence-electron chi connectivity index (χ1n) is 5.59. The molecule has 0 aliphatic carbocycles. The lowest BCUT2D eigenvalue weighted by Crippen LogP contribution is -2.37. The lowest BCUT2D eigenvalue weighted by Gasteiger charge is -2.17. The van der Waals surface area contributed by atoms with Gasteiger partial charge in [0.2, 0.25) is 11.9 Å². The highest BCUT2D eigenvalue weighted by atomic mass is 19.1. The van der Waals surface area contributed by atoms with Gasteiger partial charge in [-0.2, -0.15) is 4.39 Å². The Kier molecular flexibility index (Phi) is 4.87. The third kappa shape index (κ3) is 4.80. The smallest absolute Gasteiger partial charge is 0.239 e. The van der Waals surface area contributed by atoms with E-state index in [1.165, 1.54) is 6.07 Å². The number of carbonyl (C=O) groups is 1. The summed E-state index contributed by atoms with van der Waals surface area (Å²) in [7, 11) is 1.71. The number of hydrogen-bond acceptors (Lipinski definition) is 3. The van der Waals surface area contributed by atoms with E-state index in [1.807, 2.05) is 13.8 Å². The number of anilines is 1. The van der Waals surface area contributed by atoms with Crippen molar-refractivity contribution in [3.05, 3.63) is 24.1 Å². The minimum atomic E-state index is -0.545. The van der Waals surface area contributed by atoms with Gasteiger partial charge >= 0.3 is 0 Å². The van der Waals surface area contributed by atoms with Crippen LogP contribution in [0.4, 0.5) is 10.2 Å². The Morgan fingerprint density at radius 1 is 1.53 bits per heavy atom. The van der Waals surface area contributed by atoms with E-state index < -0.39 is 5.95 Å². The van der Waals surface area contributed by atoms with E-state index in [-0.39, 0.29) is 12.5 Å². The third-order valence-corrected chi connectivity index (χ3v) is 2.18. The second-order valence-electron chi connectivity index (χ2n) is 4.37. The molecule has 0 spiro atoms. The molecule has 0 bridgehead atoms. The Hall–Kier alpha value is -1.65. The Bertz CT molecular complexity index is 382. The Morgan fingerprint density at radius 2 is 2.24 bits per heavy atom. The van der Waals surface area contributed by atoms with Gasteiger partial charge < -0.3 is 10.2 Å². The van der Waals surface area contributed by atoms with Crippen LogP contribution in [0.3, 0.4) is 0 Å². The molecule has 0 fully saturated rings. The molecule has 0 saturated heterocycles. The van der Waals surface area contributed by atoms with E-state index >= 15 is 0 Å². The third-order valence-electron chi connectivity index (χ3n) is 2.18. The van der Waals surface area contributed by atoms with E-state index in [4.69, 9.17) is 0 Å². The maximum Gasteiger partial charge on any atom is 0.239 e. The van der Waals surface area contributed by atoms with Crippen molar-refractivity contribution in [3.8, 4) is 0 Å². The lowest BCUT2D eigenvalue weighted by molar-refractivity contribution is -0.119. The van der Waals surface area contributed by atoms with Crippen molar-refractivity contribution in [2.75, 3.05) is 25.0 Å². The second-order valence-corrected chi connectivity index (χ2v) is 4.37. The van der Waals surface area contributed by atoms with Crippen LogP contribution in [0.15, 0.2) is 18.2 Å². The number of nitrogens with zero attached hydrogens (tertiary/aromatic N) is 2. The number of carbonyl (C=O) groups excluding carboxylic acids is 1. The molecular formula is C12H18FN3O. The summed E-state index contributed by atoms with van der Waals surface area (Å²) in [6.45, 7) is 4.86. The fourth-order valence-electron chi connectivity index (χ4n) is 1.28. The van der Waals surface area contributed by atoms with Crippen LogP contribution in [-0.4, -0.2) is 31.0 Å². The molecule has 1 amide bonds. The van der Waals surface area contributed by atoms with Crippen molar-refractivity contribution < 1.29 is 9.18 Å². The zero-order valence-electron chi connectivity index (χ0n) is 10.4. The molecule has 0 aromatic carbocycles. The van der Waals surface area contributed by atoms with E-state index in [2.05, 4.69) is 10.3 Å². The molecule has 0 saturated carbocycles. The average molecular weight is 239 g/mol. The van der Waals surface area contributed by atoms with Gasteiger partial charge in [0.25, 0.3) is 0 Å². The molecule has 1 N–H and O–H groups in total. The molecule has 1 aromatic rings. The molecule has 1 heterocycles. The number of hydrogen-bond donors (Lipinski definition) is 1. The van der Waals surface area contributed by atoms with E-state index in [1.54, 1.807) is 24.1 Å². The zero-order chi connectivity index (χ0) is 12.8. The van der Waals surface area contributed by atoms with Crippen LogP contribution in [0.5, 0.6) is 0 Å². The predicted octanol–water partition coefficient (Wildman–Crippen LogP) is 1.43. The van der Waals surface area contributed by atoms with Crippen LogP contribution in [-0.2, 0) is 4.79 Å². The quantitative estimate of drug-likeness (QED) is 0.791. The predicted molar refractivity (Wildman–Crippen MR) is 65.3 cm³/mol. The van der Waals surface area contributed by atoms with Gasteiger partial charge in [0.05, 0.1) is 6.54 Å². The molecular weight excluding hydrogens is 221 g/mol. The van der Waals surface area contributed by atoms with Crippen molar-refractivity contribution in [3.63, 3.8) is 0 Å². The standard InChI is InChI=1S/C12H18FN3O/c1-9(2)7-14-12(17)8-16(3)11-6-4-5-10(13)15-11/h4-6,9H,7-8H2,1-3H3,(H,14,17). The molecule has 17 heavy (non-hydrogen) atoms. The summed E-state index contributed by atoms with van der Waals surface area (Å²) in [5.74, 6) is 0.227. The Morgan fingerprint density at radius 3 is 2.82 bits per heavy atom. The molecule has 0 aliphatic heterocycles. The average Bonchev–Trinajstić information content (AvgIpc) is 2.26. The summed E-state index contributed by atoms with van der Waals surface area (Å²) in [6.07, 6.45) is 0. The van der Waals surface area contributed by atoms with Crippen molar-refractivity contribution >= 4 is 11.7 Å². The fraction of sp³-hybridized carbons (Fsp3) is 0.500. The number of nitrogens with one attached hydrogen (secondary N) is 1. The topological polar surface area (TPSA) is 45.2 Å². The van der Waals surface area contributed by atoms with E-state index in [0.29, 0.717) is 18.3 Å². The number of aromatic nitrogens is 1. The van der Waals surface area contributed by atoms with Crippen LogP contribution in [0, 0.1) is 11.9 Å². The van der Waals surface area contributed by atoms with Crippen LogP contribution in [0.25, 0.3) is 0 Å². The normalized spacial score (nSPS) is 10.4. The molecule has 1 rings (SSSR count). The highest BCUT2D eigenvalue weighted by molar-refractivity contribution is 5.80. The molecule has 94 valence electrons. The molecule has 0 aliphatic rings. The number of likely N-dealkylation sites (N-methyl/N-ethyl adjacent to an activating group) is 1. The van der Waals surface area contributed by atoms with Gasteiger partial charge in [-0.05, 0) is 18.1 Å². The first-order valence-corrected chi connectivity index (χ1v) is 5.59. The summed E-state index contributed by atoms with van der Waals surface area (Å²) >= 11 is 0. The van der Waals surface area contributed by atoms with Gasteiger partial charge in [-0.3, -0.25) is 4.79 Å². The lowest BCUT2D eigenvalue weighted by atomic mass is 10.2. The Labute approximate surface area is 101 Å². The monoisotopic (exact) mass is 239 g/mol. The molecule has 0 atom stereocenters. The molecule has 5 heteroatoms. The fourth-order valence-corrected chi connectivity index (χ4v) is 1.28. The van der Waals surface area contributed by atoms with Crippen LogP contribution < -0.4 is 10.2 Å². The van der Waals surface area contributed by atoms with Crippen molar-refractivity contribution in [1.82, 2.24) is 10.3 Å². The SMILES string of the molecule is CC(C)CNC(=O)CN(C)c1cccc(F)n1. The molecule has 1 aromatic heterocycles. The first-order chi connectivity index (χ1) is 7.99. The van der Waals surface area contributed by atoms with Gasteiger partial charge in [-0.15, -0.1) is 0 Å². The van der Waals surface area contributed by atoms with Gasteiger partial charge in [-0.25, -0.2) is 4.98 Å². The van der Waals surface area contributed by atoms with Crippen LogP contribution >= 0.6 is 0 Å². The van der Waals surface area contributed by atoms with Crippen molar-refractivity contribution in [1.29, 1.82) is 0 Å².